The number of amides is 2. The van der Waals surface area contributed by atoms with Crippen LogP contribution < -0.4 is 15.5 Å². The lowest BCUT2D eigenvalue weighted by Crippen LogP contribution is -2.47. The molecule has 0 spiro atoms. The predicted molar refractivity (Wildman–Crippen MR) is 148 cm³/mol. The Morgan fingerprint density at radius 2 is 2.05 bits per heavy atom. The van der Waals surface area contributed by atoms with Crippen LogP contribution in [-0.2, 0) is 22.5 Å². The SMILES string of the molecule is COCCNc1cc(NC(=O)N2CCCc3cc(CN4CCN(C5CC5C=O)CC4)c(C=O)nc32)ncc1C#N. The van der Waals surface area contributed by atoms with Crippen LogP contribution in [0.4, 0.5) is 22.1 Å². The zero-order valence-electron chi connectivity index (χ0n) is 22.6. The average molecular weight is 547 g/mol. The van der Waals surface area contributed by atoms with Gasteiger partial charge in [-0.2, -0.15) is 5.26 Å². The van der Waals surface area contributed by atoms with E-state index in [2.05, 4.69) is 36.5 Å². The summed E-state index contributed by atoms with van der Waals surface area (Å²) in [6, 6.07) is 5.71. The van der Waals surface area contributed by atoms with Crippen LogP contribution in [0.1, 0.15) is 40.0 Å². The molecular formula is C28H34N8O4. The van der Waals surface area contributed by atoms with E-state index in [0.29, 0.717) is 60.9 Å². The molecule has 5 rings (SSSR count). The molecule has 4 heterocycles. The van der Waals surface area contributed by atoms with Crippen molar-refractivity contribution in [2.75, 3.05) is 68.5 Å². The molecule has 1 saturated heterocycles. The number of aromatic nitrogens is 2. The Labute approximate surface area is 233 Å². The number of piperazine rings is 1. The van der Waals surface area contributed by atoms with Gasteiger partial charge in [0.15, 0.2) is 6.29 Å². The first-order valence-electron chi connectivity index (χ1n) is 13.7. The summed E-state index contributed by atoms with van der Waals surface area (Å²) in [7, 11) is 1.59. The molecule has 2 aliphatic heterocycles. The summed E-state index contributed by atoms with van der Waals surface area (Å²) in [5.41, 5.74) is 3.05. The molecule has 2 aromatic heterocycles. The first kappa shape index (κ1) is 27.6. The fourth-order valence-corrected chi connectivity index (χ4v) is 5.47. The Morgan fingerprint density at radius 3 is 2.75 bits per heavy atom. The van der Waals surface area contributed by atoms with Crippen molar-refractivity contribution in [3.05, 3.63) is 40.7 Å². The highest BCUT2D eigenvalue weighted by Crippen LogP contribution is 2.34. The number of anilines is 3. The predicted octanol–water partition coefficient (Wildman–Crippen LogP) is 1.91. The number of urea groups is 1. The minimum Gasteiger partial charge on any atom is -0.383 e. The van der Waals surface area contributed by atoms with Gasteiger partial charge in [-0.3, -0.25) is 24.8 Å². The number of aryl methyl sites for hydroxylation is 1. The van der Waals surface area contributed by atoms with Gasteiger partial charge in [-0.05, 0) is 36.5 Å². The lowest BCUT2D eigenvalue weighted by molar-refractivity contribution is -0.109. The van der Waals surface area contributed by atoms with Gasteiger partial charge in [-0.25, -0.2) is 14.8 Å². The number of nitrogens with zero attached hydrogens (tertiary/aromatic N) is 6. The number of carbonyl (C=O) groups excluding carboxylic acids is 3. The molecule has 0 bridgehead atoms. The van der Waals surface area contributed by atoms with Crippen LogP contribution in [-0.4, -0.2) is 97.4 Å². The van der Waals surface area contributed by atoms with E-state index in [1.807, 2.05) is 6.07 Å². The van der Waals surface area contributed by atoms with E-state index in [1.54, 1.807) is 18.1 Å². The monoisotopic (exact) mass is 546 g/mol. The molecule has 2 unspecified atom stereocenters. The maximum atomic E-state index is 13.3. The van der Waals surface area contributed by atoms with E-state index in [1.165, 1.54) is 6.20 Å². The Bertz CT molecular complexity index is 1300. The second-order valence-corrected chi connectivity index (χ2v) is 10.4. The highest BCUT2D eigenvalue weighted by atomic mass is 16.5. The van der Waals surface area contributed by atoms with Gasteiger partial charge in [-0.15, -0.1) is 0 Å². The molecule has 2 atom stereocenters. The number of pyridine rings is 2. The summed E-state index contributed by atoms with van der Waals surface area (Å²) in [5, 5.41) is 15.3. The second kappa shape index (κ2) is 12.5. The molecule has 2 fully saturated rings. The van der Waals surface area contributed by atoms with E-state index in [0.717, 1.165) is 69.1 Å². The molecule has 1 saturated carbocycles. The highest BCUT2D eigenvalue weighted by Gasteiger charge is 2.42. The molecule has 2 N–H and O–H groups in total. The minimum absolute atomic E-state index is 0.186. The number of hydrogen-bond donors (Lipinski definition) is 2. The summed E-state index contributed by atoms with van der Waals surface area (Å²) in [6.45, 7) is 5.59. The van der Waals surface area contributed by atoms with Gasteiger partial charge in [0.25, 0.3) is 0 Å². The molecule has 3 aliphatic rings. The van der Waals surface area contributed by atoms with Gasteiger partial charge in [0, 0.05) is 77.1 Å². The zero-order chi connectivity index (χ0) is 28.1. The number of methoxy groups -OCH3 is 1. The smallest absolute Gasteiger partial charge is 0.328 e. The third kappa shape index (κ3) is 6.12. The molecule has 2 amide bonds. The van der Waals surface area contributed by atoms with Crippen LogP contribution >= 0.6 is 0 Å². The van der Waals surface area contributed by atoms with Gasteiger partial charge >= 0.3 is 6.03 Å². The van der Waals surface area contributed by atoms with Crippen molar-refractivity contribution >= 4 is 35.9 Å². The molecule has 1 aliphatic carbocycles. The molecule has 0 aromatic carbocycles. The maximum absolute atomic E-state index is 13.3. The number of fused-ring (bicyclic) bond motifs is 1. The molecule has 0 radical (unpaired) electrons. The van der Waals surface area contributed by atoms with Crippen LogP contribution in [0.3, 0.4) is 0 Å². The van der Waals surface area contributed by atoms with Crippen molar-refractivity contribution in [1.82, 2.24) is 19.8 Å². The van der Waals surface area contributed by atoms with Crippen molar-refractivity contribution in [3.8, 4) is 6.07 Å². The Morgan fingerprint density at radius 1 is 1.23 bits per heavy atom. The van der Waals surface area contributed by atoms with Crippen LogP contribution in [0.25, 0.3) is 0 Å². The normalized spacial score (nSPS) is 20.8. The summed E-state index contributed by atoms with van der Waals surface area (Å²) in [5.74, 6) is 0.971. The van der Waals surface area contributed by atoms with E-state index >= 15 is 0 Å². The number of nitrogens with one attached hydrogen (secondary N) is 2. The summed E-state index contributed by atoms with van der Waals surface area (Å²) < 4.78 is 5.05. The highest BCUT2D eigenvalue weighted by molar-refractivity contribution is 6.01. The van der Waals surface area contributed by atoms with Crippen molar-refractivity contribution in [2.24, 2.45) is 5.92 Å². The summed E-state index contributed by atoms with van der Waals surface area (Å²) in [4.78, 5) is 51.5. The number of carbonyl (C=O) groups is 3. The molecule has 210 valence electrons. The fraction of sp³-hybridized carbons (Fsp3) is 0.500. The van der Waals surface area contributed by atoms with Crippen molar-refractivity contribution < 1.29 is 19.1 Å². The van der Waals surface area contributed by atoms with Crippen molar-refractivity contribution in [1.29, 1.82) is 5.26 Å². The third-order valence-corrected chi connectivity index (χ3v) is 7.76. The van der Waals surface area contributed by atoms with Crippen LogP contribution in [0.2, 0.25) is 0 Å². The average Bonchev–Trinajstić information content (AvgIpc) is 3.77. The number of nitriles is 1. The van der Waals surface area contributed by atoms with Crippen LogP contribution in [0, 0.1) is 17.2 Å². The number of aldehydes is 2. The Balaban J connectivity index is 1.27. The fourth-order valence-electron chi connectivity index (χ4n) is 5.47. The minimum atomic E-state index is -0.400. The van der Waals surface area contributed by atoms with Gasteiger partial charge in [0.05, 0.1) is 17.9 Å². The third-order valence-electron chi connectivity index (χ3n) is 7.76. The molecular weight excluding hydrogens is 512 g/mol. The quantitative estimate of drug-likeness (QED) is 0.335. The first-order valence-corrected chi connectivity index (χ1v) is 13.7. The first-order chi connectivity index (χ1) is 19.5. The van der Waals surface area contributed by atoms with Crippen molar-refractivity contribution in [3.63, 3.8) is 0 Å². The van der Waals surface area contributed by atoms with E-state index in [9.17, 15) is 19.6 Å². The Kier molecular flexibility index (Phi) is 8.64. The van der Waals surface area contributed by atoms with Gasteiger partial charge < -0.3 is 14.8 Å². The summed E-state index contributed by atoms with van der Waals surface area (Å²) >= 11 is 0. The number of ether oxygens (including phenoxy) is 1. The zero-order valence-corrected chi connectivity index (χ0v) is 22.6. The molecule has 12 heteroatoms. The largest absolute Gasteiger partial charge is 0.383 e. The van der Waals surface area contributed by atoms with Gasteiger partial charge in [-0.1, -0.05) is 0 Å². The van der Waals surface area contributed by atoms with E-state index in [-0.39, 0.29) is 5.92 Å². The van der Waals surface area contributed by atoms with Crippen LogP contribution in [0.5, 0.6) is 0 Å². The standard InChI is InChI=1S/C28H34N8O4/c1-40-10-4-30-23-13-26(31-15-22(23)14-29)33-28(39)36-5-2-3-19-11-20(24(18-38)32-27(19)36)16-34-6-8-35(9-7-34)25-12-21(25)17-37/h11,13,15,17-18,21,25H,2-10,12,16H2,1H3,(H2,30,31,33,39). The lowest BCUT2D eigenvalue weighted by atomic mass is 10.0. The molecule has 12 nitrogen and oxygen atoms in total. The second-order valence-electron chi connectivity index (χ2n) is 10.4. The Hall–Kier alpha value is -3.92. The lowest BCUT2D eigenvalue weighted by Gasteiger charge is -2.35. The van der Waals surface area contributed by atoms with E-state index < -0.39 is 6.03 Å². The summed E-state index contributed by atoms with van der Waals surface area (Å²) in [6.07, 6.45) is 5.74. The number of rotatable bonds is 10. The maximum Gasteiger partial charge on any atom is 0.328 e. The van der Waals surface area contributed by atoms with Crippen LogP contribution in [0.15, 0.2) is 18.3 Å². The van der Waals surface area contributed by atoms with Crippen molar-refractivity contribution in [2.45, 2.75) is 31.8 Å². The number of hydrogen-bond acceptors (Lipinski definition) is 10. The van der Waals surface area contributed by atoms with E-state index in [4.69, 9.17) is 4.74 Å². The van der Waals surface area contributed by atoms with Gasteiger partial charge in [0.2, 0.25) is 0 Å². The molecule has 40 heavy (non-hydrogen) atoms. The molecule has 2 aromatic rings. The topological polar surface area (TPSA) is 144 Å². The van der Waals surface area contributed by atoms with Gasteiger partial charge in [0.1, 0.15) is 29.7 Å².